The molecule has 290 valence electrons. The number of allylic oxidation sites excluding steroid dienone is 8. The molecule has 0 saturated carbocycles. The van der Waals surface area contributed by atoms with Crippen molar-refractivity contribution in [2.45, 2.75) is 187 Å². The molecule has 50 heavy (non-hydrogen) atoms. The SMILES string of the molecule is CCCCC/C=C\C/C=C\C/C=C\CCCCC(=O)O[C@H](COC(=O)CCCCCCCCC/C=C\CCCCCCCC)COP(=O)(O)O. The van der Waals surface area contributed by atoms with Crippen molar-refractivity contribution in [2.75, 3.05) is 13.2 Å². The number of carbonyl (C=O) groups excluding carboxylic acids is 2. The highest BCUT2D eigenvalue weighted by atomic mass is 31.2. The maximum atomic E-state index is 12.4. The predicted octanol–water partition coefficient (Wildman–Crippen LogP) is 12.0. The van der Waals surface area contributed by atoms with Crippen LogP contribution >= 0.6 is 7.82 Å². The molecule has 9 heteroatoms. The Balaban J connectivity index is 4.01. The summed E-state index contributed by atoms with van der Waals surface area (Å²) < 4.78 is 26.3. The molecule has 0 radical (unpaired) electrons. The molecule has 0 rings (SSSR count). The molecule has 0 unspecified atom stereocenters. The van der Waals surface area contributed by atoms with Crippen molar-refractivity contribution in [1.29, 1.82) is 0 Å². The van der Waals surface area contributed by atoms with Crippen molar-refractivity contribution in [3.63, 3.8) is 0 Å². The van der Waals surface area contributed by atoms with Gasteiger partial charge >= 0.3 is 19.8 Å². The number of unbranched alkanes of at least 4 members (excludes halogenated alkanes) is 18. The number of phosphoric ester groups is 1. The molecule has 0 aromatic carbocycles. The first-order valence-corrected chi connectivity index (χ1v) is 21.5. The summed E-state index contributed by atoms with van der Waals surface area (Å²) in [6.07, 6.45) is 44.0. The fourth-order valence-corrected chi connectivity index (χ4v) is 5.67. The number of phosphoric acid groups is 1. The fourth-order valence-electron chi connectivity index (χ4n) is 5.31. The summed E-state index contributed by atoms with van der Waals surface area (Å²) in [5.74, 6) is -0.935. The molecule has 0 amide bonds. The molecule has 8 nitrogen and oxygen atoms in total. The zero-order valence-electron chi connectivity index (χ0n) is 31.8. The van der Waals surface area contributed by atoms with Crippen molar-refractivity contribution >= 4 is 19.8 Å². The summed E-state index contributed by atoms with van der Waals surface area (Å²) >= 11 is 0. The van der Waals surface area contributed by atoms with Crippen LogP contribution in [-0.2, 0) is 28.2 Å². The van der Waals surface area contributed by atoms with E-state index in [1.165, 1.54) is 83.5 Å². The first-order valence-electron chi connectivity index (χ1n) is 19.9. The lowest BCUT2D eigenvalue weighted by molar-refractivity contribution is -0.161. The minimum Gasteiger partial charge on any atom is -0.462 e. The molecule has 0 saturated heterocycles. The van der Waals surface area contributed by atoms with Gasteiger partial charge in [0.2, 0.25) is 0 Å². The molecule has 0 aliphatic rings. The van der Waals surface area contributed by atoms with Gasteiger partial charge in [0.15, 0.2) is 6.10 Å². The van der Waals surface area contributed by atoms with Gasteiger partial charge in [-0.15, -0.1) is 0 Å². The number of ether oxygens (including phenoxy) is 2. The van der Waals surface area contributed by atoms with Gasteiger partial charge in [0.1, 0.15) is 6.61 Å². The Bertz CT molecular complexity index is 952. The van der Waals surface area contributed by atoms with E-state index in [9.17, 15) is 14.2 Å². The van der Waals surface area contributed by atoms with E-state index >= 15 is 0 Å². The standard InChI is InChI=1S/C41H73O8P/c1-3-5-7-9-11-13-15-17-19-20-22-23-25-27-29-31-33-35-40(42)47-37-39(38-48-50(44,45)46)49-41(43)36-34-32-30-28-26-24-21-18-16-14-12-10-8-6-4-2/h12,14,17-19,21,26,28,39H,3-11,13,15-16,20,22-25,27,29-38H2,1-2H3,(H2,44,45,46)/b14-12-,19-17-,21-18-,28-26-/t39-/m1/s1. The van der Waals surface area contributed by atoms with Crippen molar-refractivity contribution < 1.29 is 37.9 Å². The van der Waals surface area contributed by atoms with Gasteiger partial charge in [-0.2, -0.15) is 0 Å². The third kappa shape index (κ3) is 38.8. The van der Waals surface area contributed by atoms with Crippen LogP contribution in [0.1, 0.15) is 181 Å². The Morgan fingerprint density at radius 1 is 0.520 bits per heavy atom. The molecule has 0 aliphatic carbocycles. The highest BCUT2D eigenvalue weighted by Crippen LogP contribution is 2.36. The zero-order chi connectivity index (χ0) is 36.8. The summed E-state index contributed by atoms with van der Waals surface area (Å²) in [6, 6.07) is 0. The van der Waals surface area contributed by atoms with Crippen molar-refractivity contribution in [2.24, 2.45) is 0 Å². The lowest BCUT2D eigenvalue weighted by atomic mass is 10.1. The van der Waals surface area contributed by atoms with Crippen LogP contribution < -0.4 is 0 Å². The third-order valence-corrected chi connectivity index (χ3v) is 8.81. The fraction of sp³-hybridized carbons (Fsp3) is 0.756. The van der Waals surface area contributed by atoms with Crippen LogP contribution in [0, 0.1) is 0 Å². The van der Waals surface area contributed by atoms with Gasteiger partial charge in [-0.25, -0.2) is 4.57 Å². The van der Waals surface area contributed by atoms with E-state index in [2.05, 4.69) is 67.0 Å². The van der Waals surface area contributed by atoms with Crippen LogP contribution in [0.5, 0.6) is 0 Å². The van der Waals surface area contributed by atoms with E-state index in [1.807, 2.05) is 0 Å². The van der Waals surface area contributed by atoms with Crippen molar-refractivity contribution in [3.8, 4) is 0 Å². The molecule has 0 heterocycles. The largest absolute Gasteiger partial charge is 0.469 e. The number of hydrogen-bond acceptors (Lipinski definition) is 6. The Morgan fingerprint density at radius 3 is 1.44 bits per heavy atom. The van der Waals surface area contributed by atoms with Crippen molar-refractivity contribution in [1.82, 2.24) is 0 Å². The lowest BCUT2D eigenvalue weighted by Gasteiger charge is -2.18. The van der Waals surface area contributed by atoms with Gasteiger partial charge in [0, 0.05) is 12.8 Å². The molecule has 0 aliphatic heterocycles. The number of esters is 2. The van der Waals surface area contributed by atoms with Crippen LogP contribution in [0.2, 0.25) is 0 Å². The van der Waals surface area contributed by atoms with E-state index in [0.717, 1.165) is 57.8 Å². The summed E-state index contributed by atoms with van der Waals surface area (Å²) in [4.78, 5) is 42.7. The summed E-state index contributed by atoms with van der Waals surface area (Å²) in [6.45, 7) is 3.61. The van der Waals surface area contributed by atoms with Crippen LogP contribution in [0.15, 0.2) is 48.6 Å². The first kappa shape index (κ1) is 48.0. The lowest BCUT2D eigenvalue weighted by Crippen LogP contribution is -2.29. The first-order chi connectivity index (χ1) is 24.3. The highest BCUT2D eigenvalue weighted by molar-refractivity contribution is 7.46. The highest BCUT2D eigenvalue weighted by Gasteiger charge is 2.22. The molecule has 0 bridgehead atoms. The molecule has 1 atom stereocenters. The van der Waals surface area contributed by atoms with E-state index < -0.39 is 32.5 Å². The summed E-state index contributed by atoms with van der Waals surface area (Å²) in [5, 5.41) is 0. The van der Waals surface area contributed by atoms with Gasteiger partial charge in [-0.1, -0.05) is 140 Å². The van der Waals surface area contributed by atoms with Crippen LogP contribution in [0.4, 0.5) is 0 Å². The average molecular weight is 725 g/mol. The number of rotatable bonds is 36. The van der Waals surface area contributed by atoms with Gasteiger partial charge in [0.25, 0.3) is 0 Å². The van der Waals surface area contributed by atoms with Gasteiger partial charge in [-0.05, 0) is 77.0 Å². The third-order valence-electron chi connectivity index (χ3n) is 8.32. The smallest absolute Gasteiger partial charge is 0.462 e. The molecule has 0 spiro atoms. The summed E-state index contributed by atoms with van der Waals surface area (Å²) in [5.41, 5.74) is 0. The second kappa shape index (κ2) is 36.8. The minimum atomic E-state index is -4.76. The Labute approximate surface area is 305 Å². The van der Waals surface area contributed by atoms with Gasteiger partial charge in [-0.3, -0.25) is 14.1 Å². The van der Waals surface area contributed by atoms with Crippen LogP contribution in [0.3, 0.4) is 0 Å². The second-order valence-corrected chi connectivity index (χ2v) is 14.5. The maximum absolute atomic E-state index is 12.4. The molecule has 0 fully saturated rings. The molecule has 2 N–H and O–H groups in total. The molecule has 0 aromatic rings. The molecular formula is C41H73O8P. The van der Waals surface area contributed by atoms with E-state index in [0.29, 0.717) is 12.8 Å². The van der Waals surface area contributed by atoms with E-state index in [4.69, 9.17) is 19.3 Å². The maximum Gasteiger partial charge on any atom is 0.469 e. The average Bonchev–Trinajstić information content (AvgIpc) is 3.08. The van der Waals surface area contributed by atoms with E-state index in [-0.39, 0.29) is 19.4 Å². The van der Waals surface area contributed by atoms with Crippen LogP contribution in [-0.4, -0.2) is 41.0 Å². The minimum absolute atomic E-state index is 0.161. The van der Waals surface area contributed by atoms with Crippen molar-refractivity contribution in [3.05, 3.63) is 48.6 Å². The second-order valence-electron chi connectivity index (χ2n) is 13.2. The number of hydrogen-bond donors (Lipinski definition) is 2. The van der Waals surface area contributed by atoms with Gasteiger partial charge < -0.3 is 19.3 Å². The monoisotopic (exact) mass is 725 g/mol. The Kier molecular flexibility index (Phi) is 35.3. The van der Waals surface area contributed by atoms with Gasteiger partial charge in [0.05, 0.1) is 6.61 Å². The predicted molar refractivity (Wildman–Crippen MR) is 207 cm³/mol. The number of carbonyl (C=O) groups is 2. The Hall–Kier alpha value is -1.99. The summed E-state index contributed by atoms with van der Waals surface area (Å²) in [7, 11) is -4.76. The van der Waals surface area contributed by atoms with Crippen LogP contribution in [0.25, 0.3) is 0 Å². The normalized spacial score (nSPS) is 13.0. The molecule has 0 aromatic heterocycles. The topological polar surface area (TPSA) is 119 Å². The zero-order valence-corrected chi connectivity index (χ0v) is 32.7. The Morgan fingerprint density at radius 2 is 0.900 bits per heavy atom. The quantitative estimate of drug-likeness (QED) is 0.0284. The molecular weight excluding hydrogens is 651 g/mol. The van der Waals surface area contributed by atoms with E-state index in [1.54, 1.807) is 0 Å².